The van der Waals surface area contributed by atoms with Crippen molar-refractivity contribution in [2.75, 3.05) is 6.61 Å². The largest absolute Gasteiger partial charge is 0.463 e. The average molecular weight is 713 g/mol. The molecule has 1 heterocycles. The van der Waals surface area contributed by atoms with E-state index in [0.717, 1.165) is 0 Å². The molecule has 1 fully saturated rings. The van der Waals surface area contributed by atoms with Gasteiger partial charge in [-0.1, -0.05) is 44.2 Å². The average Bonchev–Trinajstić information content (AvgIpc) is 3.38. The van der Waals surface area contributed by atoms with E-state index < -0.39 is 95.1 Å². The summed E-state index contributed by atoms with van der Waals surface area (Å²) in [5.74, 6) is -3.77. The van der Waals surface area contributed by atoms with Crippen LogP contribution in [-0.2, 0) is 43.7 Å². The molecule has 1 aliphatic rings. The Hall–Kier alpha value is -3.36. The van der Waals surface area contributed by atoms with Crippen LogP contribution in [-0.4, -0.2) is 65.8 Å². The highest BCUT2D eigenvalue weighted by Crippen LogP contribution is 2.49. The molecule has 0 saturated carbocycles. The molecule has 0 aliphatic carbocycles. The van der Waals surface area contributed by atoms with Crippen molar-refractivity contribution in [2.24, 2.45) is 16.2 Å². The van der Waals surface area contributed by atoms with Crippen molar-refractivity contribution in [3.8, 4) is 0 Å². The number of esters is 4. The minimum Gasteiger partial charge on any atom is -0.463 e. The first-order valence-corrected chi connectivity index (χ1v) is 15.9. The third-order valence-corrected chi connectivity index (χ3v) is 9.07. The van der Waals surface area contributed by atoms with Crippen molar-refractivity contribution in [1.82, 2.24) is 0 Å². The molecule has 1 N–H and O–H groups in total. The van der Waals surface area contributed by atoms with Crippen LogP contribution in [0.4, 0.5) is 26.3 Å². The normalized spacial score (nSPS) is 19.2. The molecule has 0 radical (unpaired) electrons. The molecule has 4 atom stereocenters. The second-order valence-electron chi connectivity index (χ2n) is 14.3. The Kier molecular flexibility index (Phi) is 12.7. The van der Waals surface area contributed by atoms with Crippen molar-refractivity contribution in [1.29, 1.82) is 0 Å². The van der Waals surface area contributed by atoms with Gasteiger partial charge in [0.15, 0.2) is 0 Å². The fourth-order valence-corrected chi connectivity index (χ4v) is 5.87. The molecule has 1 aromatic carbocycles. The number of cyclic esters (lactones) is 1. The van der Waals surface area contributed by atoms with E-state index in [4.69, 9.17) is 18.9 Å². The van der Waals surface area contributed by atoms with Crippen LogP contribution in [0.25, 0.3) is 0 Å². The summed E-state index contributed by atoms with van der Waals surface area (Å²) in [6, 6.07) is 8.85. The van der Waals surface area contributed by atoms with E-state index in [0.29, 0.717) is 5.56 Å². The highest BCUT2D eigenvalue weighted by atomic mass is 19.4. The zero-order valence-electron chi connectivity index (χ0n) is 29.0. The van der Waals surface area contributed by atoms with Crippen LogP contribution in [0.2, 0.25) is 0 Å². The number of aliphatic hydroxyl groups is 1. The minimum atomic E-state index is -6.13. The summed E-state index contributed by atoms with van der Waals surface area (Å²) in [7, 11) is 0. The summed E-state index contributed by atoms with van der Waals surface area (Å²) in [5, 5.41) is 9.69. The second kappa shape index (κ2) is 14.9. The molecule has 0 amide bonds. The van der Waals surface area contributed by atoms with Crippen molar-refractivity contribution >= 4 is 23.9 Å². The molecule has 4 unspecified atom stereocenters. The number of hydrogen-bond donors (Lipinski definition) is 1. The Morgan fingerprint density at radius 2 is 1.41 bits per heavy atom. The zero-order valence-corrected chi connectivity index (χ0v) is 29.0. The topological polar surface area (TPSA) is 125 Å². The Labute approximate surface area is 282 Å². The van der Waals surface area contributed by atoms with Gasteiger partial charge in [0.2, 0.25) is 6.10 Å². The molecular formula is C34H46F6O9. The lowest BCUT2D eigenvalue weighted by Gasteiger charge is -2.41. The third kappa shape index (κ3) is 9.66. The first kappa shape index (κ1) is 41.8. The van der Waals surface area contributed by atoms with E-state index >= 15 is 0 Å². The van der Waals surface area contributed by atoms with Gasteiger partial charge in [0.05, 0.1) is 22.9 Å². The van der Waals surface area contributed by atoms with Gasteiger partial charge >= 0.3 is 36.2 Å². The first-order valence-electron chi connectivity index (χ1n) is 15.9. The maximum absolute atomic E-state index is 13.9. The minimum absolute atomic E-state index is 0.0144. The van der Waals surface area contributed by atoms with Crippen LogP contribution in [0.1, 0.15) is 99.5 Å². The number of benzene rings is 1. The molecule has 1 aliphatic heterocycles. The standard InChI is InChI=1S/C34H46F6O9/c1-9-22(18-32(45,33(35,36)37)34(38,39)40)47-25(42)28(3,4)19-31(8,26(43)48-23-16-17-46-24(23)41)20-30(7,10-2)27(44)49-29(5,6)21-14-12-11-13-15-21/h11-15,22-23,45H,9-10,16-20H2,1-8H3. The van der Waals surface area contributed by atoms with Crippen molar-refractivity contribution < 1.29 is 69.6 Å². The fourth-order valence-electron chi connectivity index (χ4n) is 5.87. The lowest BCUT2D eigenvalue weighted by Crippen LogP contribution is -2.58. The lowest BCUT2D eigenvalue weighted by atomic mass is 9.65. The van der Waals surface area contributed by atoms with E-state index in [1.807, 2.05) is 0 Å². The first-order chi connectivity index (χ1) is 22.2. The van der Waals surface area contributed by atoms with Gasteiger partial charge in [-0.25, -0.2) is 4.79 Å². The quantitative estimate of drug-likeness (QED) is 0.115. The van der Waals surface area contributed by atoms with E-state index in [-0.39, 0.29) is 25.9 Å². The summed E-state index contributed by atoms with van der Waals surface area (Å²) in [4.78, 5) is 53.3. The Bertz CT molecular complexity index is 1330. The predicted molar refractivity (Wildman–Crippen MR) is 162 cm³/mol. The summed E-state index contributed by atoms with van der Waals surface area (Å²) < 4.78 is 102. The second-order valence-corrected chi connectivity index (χ2v) is 14.3. The number of alkyl halides is 6. The summed E-state index contributed by atoms with van der Waals surface area (Å²) in [6.45, 7) is 11.6. The molecule has 15 heteroatoms. The number of carbonyl (C=O) groups excluding carboxylic acids is 4. The van der Waals surface area contributed by atoms with E-state index in [1.54, 1.807) is 58.0 Å². The number of rotatable bonds is 15. The van der Waals surface area contributed by atoms with Crippen LogP contribution in [0, 0.1) is 16.2 Å². The van der Waals surface area contributed by atoms with E-state index in [2.05, 4.69) is 0 Å². The van der Waals surface area contributed by atoms with Crippen molar-refractivity contribution in [3.05, 3.63) is 35.9 Å². The predicted octanol–water partition coefficient (Wildman–Crippen LogP) is 7.12. The zero-order chi connectivity index (χ0) is 37.9. The van der Waals surface area contributed by atoms with Gasteiger partial charge < -0.3 is 24.1 Å². The molecule has 0 spiro atoms. The van der Waals surface area contributed by atoms with Crippen molar-refractivity contribution in [3.63, 3.8) is 0 Å². The lowest BCUT2D eigenvalue weighted by molar-refractivity contribution is -0.374. The Morgan fingerprint density at radius 1 is 0.857 bits per heavy atom. The maximum Gasteiger partial charge on any atom is 0.426 e. The van der Waals surface area contributed by atoms with Gasteiger partial charge in [-0.05, 0) is 72.8 Å². The number of hydrogen-bond acceptors (Lipinski definition) is 9. The number of carbonyl (C=O) groups is 4. The number of ether oxygens (including phenoxy) is 4. The fraction of sp³-hybridized carbons (Fsp3) is 0.706. The van der Waals surface area contributed by atoms with Gasteiger partial charge in [-0.15, -0.1) is 0 Å². The Morgan fingerprint density at radius 3 is 1.86 bits per heavy atom. The third-order valence-electron chi connectivity index (χ3n) is 9.07. The molecule has 49 heavy (non-hydrogen) atoms. The number of halogens is 6. The molecule has 278 valence electrons. The molecule has 0 aromatic heterocycles. The smallest absolute Gasteiger partial charge is 0.426 e. The maximum atomic E-state index is 13.9. The van der Waals surface area contributed by atoms with Gasteiger partial charge in [-0.3, -0.25) is 14.4 Å². The van der Waals surface area contributed by atoms with Gasteiger partial charge in [0.25, 0.3) is 5.60 Å². The molecular weight excluding hydrogens is 666 g/mol. The summed E-state index contributed by atoms with van der Waals surface area (Å²) >= 11 is 0. The highest BCUT2D eigenvalue weighted by molar-refractivity contribution is 5.85. The van der Waals surface area contributed by atoms with Crippen molar-refractivity contribution in [2.45, 2.75) is 130 Å². The monoisotopic (exact) mass is 712 g/mol. The van der Waals surface area contributed by atoms with E-state index in [9.17, 15) is 50.6 Å². The molecule has 2 rings (SSSR count). The van der Waals surface area contributed by atoms with Gasteiger partial charge in [-0.2, -0.15) is 26.3 Å². The summed E-state index contributed by atoms with van der Waals surface area (Å²) in [5.41, 5.74) is -10.5. The molecule has 1 aromatic rings. The van der Waals surface area contributed by atoms with E-state index in [1.165, 1.54) is 27.7 Å². The summed E-state index contributed by atoms with van der Waals surface area (Å²) in [6.07, 6.45) is -18.7. The van der Waals surface area contributed by atoms with Gasteiger partial charge in [0, 0.05) is 12.8 Å². The van der Waals surface area contributed by atoms with Crippen LogP contribution < -0.4 is 0 Å². The molecule has 1 saturated heterocycles. The van der Waals surface area contributed by atoms with Crippen LogP contribution in [0.15, 0.2) is 30.3 Å². The molecule has 9 nitrogen and oxygen atoms in total. The molecule has 0 bridgehead atoms. The highest BCUT2D eigenvalue weighted by Gasteiger charge is 2.71. The van der Waals surface area contributed by atoms with Crippen LogP contribution in [0.5, 0.6) is 0 Å². The van der Waals surface area contributed by atoms with Gasteiger partial charge in [0.1, 0.15) is 11.7 Å². The Balaban J connectivity index is 2.45. The van der Waals surface area contributed by atoms with Crippen LogP contribution in [0.3, 0.4) is 0 Å². The SMILES string of the molecule is CCC(CC(O)(C(F)(F)F)C(F)(F)F)OC(=O)C(C)(C)CC(C)(CC(C)(CC)C(=O)OC(C)(C)c1ccccc1)C(=O)OC1CCOC1=O. The van der Waals surface area contributed by atoms with Crippen LogP contribution >= 0.6 is 0 Å².